The first-order valence-electron chi connectivity index (χ1n) is 6.95. The Morgan fingerprint density at radius 1 is 1.16 bits per heavy atom. The summed E-state index contributed by atoms with van der Waals surface area (Å²) in [5, 5.41) is 5.70. The lowest BCUT2D eigenvalue weighted by Crippen LogP contribution is -2.13. The van der Waals surface area contributed by atoms with Gasteiger partial charge in [-0.1, -0.05) is 38.8 Å². The summed E-state index contributed by atoms with van der Waals surface area (Å²) in [6.45, 7) is 5.43. The molecule has 0 aliphatic heterocycles. The summed E-state index contributed by atoms with van der Waals surface area (Å²) in [6.07, 6.45) is 4.22. The topological polar surface area (TPSA) is 34.2 Å². The Kier molecular flexibility index (Phi) is 4.61. The smallest absolute Gasteiger partial charge is 0.133 e. The maximum absolute atomic E-state index is 5.39. The van der Waals surface area contributed by atoms with Crippen LogP contribution in [0.5, 0.6) is 5.75 Å². The first-order chi connectivity index (χ1) is 9.30. The third-order valence-electron chi connectivity index (χ3n) is 3.70. The van der Waals surface area contributed by atoms with E-state index in [0.717, 1.165) is 28.9 Å². The Labute approximate surface area is 115 Å². The second-order valence-electron chi connectivity index (χ2n) is 4.78. The molecule has 0 saturated heterocycles. The number of methoxy groups -OCH3 is 1. The molecule has 1 heterocycles. The molecule has 0 aliphatic carbocycles. The first kappa shape index (κ1) is 13.7. The van der Waals surface area contributed by atoms with Gasteiger partial charge in [-0.05, 0) is 18.1 Å². The summed E-state index contributed by atoms with van der Waals surface area (Å²) in [5.41, 5.74) is 0. The van der Waals surface area contributed by atoms with Crippen LogP contribution in [-0.2, 0) is 0 Å². The fourth-order valence-electron chi connectivity index (χ4n) is 2.32. The number of hydrogen-bond acceptors (Lipinski definition) is 3. The maximum atomic E-state index is 5.39. The zero-order valence-electron chi connectivity index (χ0n) is 11.9. The molecule has 0 spiro atoms. The number of ether oxygens (including phenoxy) is 1. The van der Waals surface area contributed by atoms with E-state index >= 15 is 0 Å². The summed E-state index contributed by atoms with van der Waals surface area (Å²) in [6, 6.07) is 8.06. The number of nitrogens with one attached hydrogen (secondary N) is 1. The second-order valence-corrected chi connectivity index (χ2v) is 4.78. The molecule has 0 saturated carbocycles. The van der Waals surface area contributed by atoms with E-state index in [1.54, 1.807) is 7.11 Å². The van der Waals surface area contributed by atoms with Crippen molar-refractivity contribution >= 4 is 16.6 Å². The molecule has 1 N–H and O–H groups in total. The lowest BCUT2D eigenvalue weighted by atomic mass is 10.0. The van der Waals surface area contributed by atoms with Crippen LogP contribution in [0.2, 0.25) is 0 Å². The quantitative estimate of drug-likeness (QED) is 0.847. The Morgan fingerprint density at radius 3 is 2.63 bits per heavy atom. The van der Waals surface area contributed by atoms with Crippen molar-refractivity contribution in [1.29, 1.82) is 0 Å². The van der Waals surface area contributed by atoms with Gasteiger partial charge in [-0.25, -0.2) is 4.98 Å². The van der Waals surface area contributed by atoms with Crippen molar-refractivity contribution in [2.45, 2.75) is 26.7 Å². The van der Waals surface area contributed by atoms with Crippen LogP contribution in [0.3, 0.4) is 0 Å². The molecule has 1 aromatic carbocycles. The molecule has 19 heavy (non-hydrogen) atoms. The van der Waals surface area contributed by atoms with E-state index in [2.05, 4.69) is 30.2 Å². The summed E-state index contributed by atoms with van der Waals surface area (Å²) >= 11 is 0. The molecule has 0 amide bonds. The van der Waals surface area contributed by atoms with Crippen molar-refractivity contribution in [3.05, 3.63) is 30.5 Å². The highest BCUT2D eigenvalue weighted by molar-refractivity contribution is 5.95. The molecule has 1 aromatic heterocycles. The number of benzene rings is 1. The highest BCUT2D eigenvalue weighted by Crippen LogP contribution is 2.29. The number of nitrogens with zero attached hydrogens (tertiary/aromatic N) is 1. The zero-order chi connectivity index (χ0) is 13.7. The highest BCUT2D eigenvalue weighted by atomic mass is 16.5. The van der Waals surface area contributed by atoms with Gasteiger partial charge in [0.15, 0.2) is 0 Å². The zero-order valence-corrected chi connectivity index (χ0v) is 11.9. The van der Waals surface area contributed by atoms with E-state index < -0.39 is 0 Å². The monoisotopic (exact) mass is 258 g/mol. The molecule has 0 aliphatic rings. The van der Waals surface area contributed by atoms with Crippen molar-refractivity contribution < 1.29 is 4.74 Å². The van der Waals surface area contributed by atoms with E-state index in [9.17, 15) is 0 Å². The maximum Gasteiger partial charge on any atom is 0.133 e. The van der Waals surface area contributed by atoms with Gasteiger partial charge in [0.1, 0.15) is 11.6 Å². The van der Waals surface area contributed by atoms with E-state index in [1.165, 1.54) is 12.8 Å². The average Bonchev–Trinajstić information content (AvgIpc) is 2.47. The van der Waals surface area contributed by atoms with E-state index in [4.69, 9.17) is 4.74 Å². The number of pyridine rings is 1. The van der Waals surface area contributed by atoms with Crippen LogP contribution in [0.15, 0.2) is 30.5 Å². The normalized spacial score (nSPS) is 10.9. The Hall–Kier alpha value is -1.77. The van der Waals surface area contributed by atoms with E-state index in [0.29, 0.717) is 5.92 Å². The van der Waals surface area contributed by atoms with Gasteiger partial charge in [0, 0.05) is 23.5 Å². The predicted molar refractivity (Wildman–Crippen MR) is 80.9 cm³/mol. The van der Waals surface area contributed by atoms with Crippen LogP contribution in [0.1, 0.15) is 26.7 Å². The molecule has 0 bridgehead atoms. The molecular formula is C16H22N2O. The van der Waals surface area contributed by atoms with Gasteiger partial charge in [0.25, 0.3) is 0 Å². The van der Waals surface area contributed by atoms with Crippen LogP contribution in [0.4, 0.5) is 5.82 Å². The Morgan fingerprint density at radius 2 is 1.95 bits per heavy atom. The van der Waals surface area contributed by atoms with Gasteiger partial charge in [-0.15, -0.1) is 0 Å². The van der Waals surface area contributed by atoms with Gasteiger partial charge in [-0.2, -0.15) is 0 Å². The third-order valence-corrected chi connectivity index (χ3v) is 3.70. The predicted octanol–water partition coefficient (Wildman–Crippen LogP) is 4.09. The van der Waals surface area contributed by atoms with Crippen LogP contribution in [-0.4, -0.2) is 18.6 Å². The molecule has 0 atom stereocenters. The Bertz CT molecular complexity index is 535. The molecule has 0 fully saturated rings. The number of aromatic nitrogens is 1. The first-order valence-corrected chi connectivity index (χ1v) is 6.95. The molecular weight excluding hydrogens is 236 g/mol. The van der Waals surface area contributed by atoms with Crippen LogP contribution in [0.25, 0.3) is 10.8 Å². The van der Waals surface area contributed by atoms with Gasteiger partial charge >= 0.3 is 0 Å². The fourth-order valence-corrected chi connectivity index (χ4v) is 2.32. The van der Waals surface area contributed by atoms with E-state index in [1.807, 2.05) is 24.4 Å². The average molecular weight is 258 g/mol. The van der Waals surface area contributed by atoms with Gasteiger partial charge in [-0.3, -0.25) is 0 Å². The van der Waals surface area contributed by atoms with Crippen LogP contribution < -0.4 is 10.1 Å². The Balaban J connectivity index is 2.28. The van der Waals surface area contributed by atoms with E-state index in [-0.39, 0.29) is 0 Å². The number of hydrogen-bond donors (Lipinski definition) is 1. The van der Waals surface area contributed by atoms with Crippen molar-refractivity contribution in [1.82, 2.24) is 4.98 Å². The molecule has 2 rings (SSSR count). The van der Waals surface area contributed by atoms with Crippen LogP contribution in [0, 0.1) is 5.92 Å². The lowest BCUT2D eigenvalue weighted by Gasteiger charge is -2.15. The van der Waals surface area contributed by atoms with Gasteiger partial charge in [0.05, 0.1) is 7.11 Å². The largest absolute Gasteiger partial charge is 0.496 e. The number of rotatable bonds is 6. The number of anilines is 1. The van der Waals surface area contributed by atoms with Crippen molar-refractivity contribution in [2.75, 3.05) is 19.0 Å². The van der Waals surface area contributed by atoms with Crippen LogP contribution >= 0.6 is 0 Å². The summed E-state index contributed by atoms with van der Waals surface area (Å²) in [7, 11) is 1.70. The molecule has 2 aromatic rings. The minimum absolute atomic E-state index is 0.697. The molecule has 0 unspecified atom stereocenters. The molecule has 0 radical (unpaired) electrons. The summed E-state index contributed by atoms with van der Waals surface area (Å²) in [4.78, 5) is 4.46. The SMILES string of the molecule is CCC(CC)CNc1nccc2c(OC)cccc12. The van der Waals surface area contributed by atoms with Crippen molar-refractivity contribution in [3.8, 4) is 5.75 Å². The molecule has 3 heteroatoms. The van der Waals surface area contributed by atoms with Crippen molar-refractivity contribution in [3.63, 3.8) is 0 Å². The molecule has 3 nitrogen and oxygen atoms in total. The van der Waals surface area contributed by atoms with Gasteiger partial charge in [0.2, 0.25) is 0 Å². The van der Waals surface area contributed by atoms with Crippen molar-refractivity contribution in [2.24, 2.45) is 5.92 Å². The summed E-state index contributed by atoms with van der Waals surface area (Å²) in [5.74, 6) is 2.54. The highest BCUT2D eigenvalue weighted by Gasteiger charge is 2.08. The second kappa shape index (κ2) is 6.41. The fraction of sp³-hybridized carbons (Fsp3) is 0.438. The summed E-state index contributed by atoms with van der Waals surface area (Å²) < 4.78 is 5.39. The molecule has 102 valence electrons. The standard InChI is InChI=1S/C16H22N2O/c1-4-12(5-2)11-18-16-14-7-6-8-15(19-3)13(14)9-10-17-16/h6-10,12H,4-5,11H2,1-3H3,(H,17,18). The minimum atomic E-state index is 0.697. The van der Waals surface area contributed by atoms with Gasteiger partial charge < -0.3 is 10.1 Å². The third kappa shape index (κ3) is 2.98. The number of fused-ring (bicyclic) bond motifs is 1. The lowest BCUT2D eigenvalue weighted by molar-refractivity contribution is 0.420. The minimum Gasteiger partial charge on any atom is -0.496 e.